The Morgan fingerprint density at radius 3 is 1.38 bits per heavy atom. The molecule has 0 aromatic heterocycles. The number of likely N-dealkylation sites (N-methyl/N-ethyl adjacent to an activating group) is 1. The second kappa shape index (κ2) is 10.2. The van der Waals surface area contributed by atoms with E-state index < -0.39 is 23.6 Å². The molecule has 6 rings (SSSR count). The molecule has 4 aromatic carbocycles. The number of hydrogen-bond donors (Lipinski definition) is 2. The highest BCUT2D eigenvalue weighted by atomic mass is 16.8. The summed E-state index contributed by atoms with van der Waals surface area (Å²) in [5.41, 5.74) is 0.539. The number of carbonyl (C=O) groups excluding carboxylic acids is 4. The van der Waals surface area contributed by atoms with E-state index in [9.17, 15) is 40.0 Å². The van der Waals surface area contributed by atoms with E-state index in [0.717, 1.165) is 9.80 Å². The average Bonchev–Trinajstić information content (AvgIpc) is 2.97. The summed E-state index contributed by atoms with van der Waals surface area (Å²) in [6.45, 7) is 0.381. The van der Waals surface area contributed by atoms with Gasteiger partial charge in [-0.05, 0) is 54.2 Å². The molecule has 0 unspecified atom stereocenters. The molecule has 13 heteroatoms. The SMILES string of the molecule is CN(CCN1C(=O)c2cccc3cc(N([O-])O)cc(c23)C1=O)CCN1C(=O)c2cccc3cc(N([O-])O)cc(c23)C1=O. The van der Waals surface area contributed by atoms with E-state index in [4.69, 9.17) is 0 Å². The van der Waals surface area contributed by atoms with E-state index >= 15 is 0 Å². The van der Waals surface area contributed by atoms with Crippen LogP contribution < -0.4 is 10.5 Å². The Kier molecular flexibility index (Phi) is 6.60. The molecular weight excluding hydrogens is 546 g/mol. The third-order valence-electron chi connectivity index (χ3n) is 7.68. The molecule has 2 heterocycles. The van der Waals surface area contributed by atoms with Crippen molar-refractivity contribution in [3.8, 4) is 0 Å². The first-order valence-electron chi connectivity index (χ1n) is 12.9. The number of anilines is 2. The number of benzene rings is 4. The highest BCUT2D eigenvalue weighted by Gasteiger charge is 2.35. The maximum absolute atomic E-state index is 13.3. The van der Waals surface area contributed by atoms with Crippen molar-refractivity contribution in [2.24, 2.45) is 0 Å². The normalized spacial score (nSPS) is 14.5. The first kappa shape index (κ1) is 27.3. The lowest BCUT2D eigenvalue weighted by atomic mass is 9.93. The summed E-state index contributed by atoms with van der Waals surface area (Å²) in [4.78, 5) is 57.0. The second-order valence-corrected chi connectivity index (χ2v) is 10.2. The average molecular weight is 570 g/mol. The number of imide groups is 2. The highest BCUT2D eigenvalue weighted by Crippen LogP contribution is 2.35. The summed E-state index contributed by atoms with van der Waals surface area (Å²) in [6, 6.07) is 15.0. The van der Waals surface area contributed by atoms with Gasteiger partial charge in [-0.3, -0.25) is 39.4 Å². The number of hydrogen-bond acceptors (Lipinski definition) is 11. The van der Waals surface area contributed by atoms with Gasteiger partial charge in [0.25, 0.3) is 23.6 Å². The minimum Gasteiger partial charge on any atom is -0.733 e. The van der Waals surface area contributed by atoms with Gasteiger partial charge in [-0.2, -0.15) is 0 Å². The fourth-order valence-electron chi connectivity index (χ4n) is 5.56. The van der Waals surface area contributed by atoms with Crippen molar-refractivity contribution in [1.82, 2.24) is 14.7 Å². The van der Waals surface area contributed by atoms with E-state index in [1.165, 1.54) is 24.3 Å². The van der Waals surface area contributed by atoms with Gasteiger partial charge in [0.15, 0.2) is 0 Å². The Labute approximate surface area is 238 Å². The van der Waals surface area contributed by atoms with Crippen molar-refractivity contribution in [2.45, 2.75) is 0 Å². The molecule has 0 saturated carbocycles. The maximum Gasteiger partial charge on any atom is 0.261 e. The molecular formula is C29H23N5O8-2. The summed E-state index contributed by atoms with van der Waals surface area (Å²) in [5.74, 6) is -2.22. The van der Waals surface area contributed by atoms with Gasteiger partial charge in [0, 0.05) is 48.1 Å². The molecule has 0 saturated heterocycles. The molecule has 0 radical (unpaired) electrons. The van der Waals surface area contributed by atoms with Gasteiger partial charge in [-0.1, -0.05) is 24.3 Å². The molecule has 0 spiro atoms. The number of amides is 4. The number of nitrogens with zero attached hydrogens (tertiary/aromatic N) is 5. The van der Waals surface area contributed by atoms with Crippen molar-refractivity contribution in [3.63, 3.8) is 0 Å². The molecule has 214 valence electrons. The van der Waals surface area contributed by atoms with Crippen LogP contribution in [0, 0.1) is 10.4 Å². The largest absolute Gasteiger partial charge is 0.733 e. The van der Waals surface area contributed by atoms with Gasteiger partial charge < -0.3 is 25.8 Å². The Balaban J connectivity index is 1.17. The van der Waals surface area contributed by atoms with Crippen molar-refractivity contribution in [3.05, 3.63) is 93.3 Å². The van der Waals surface area contributed by atoms with Crippen LogP contribution in [0.2, 0.25) is 0 Å². The van der Waals surface area contributed by atoms with Gasteiger partial charge >= 0.3 is 0 Å². The fraction of sp³-hybridized carbons (Fsp3) is 0.172. The second-order valence-electron chi connectivity index (χ2n) is 10.2. The monoisotopic (exact) mass is 569 g/mol. The first-order valence-corrected chi connectivity index (χ1v) is 12.9. The van der Waals surface area contributed by atoms with Gasteiger partial charge in [-0.25, -0.2) is 0 Å². The lowest BCUT2D eigenvalue weighted by Gasteiger charge is -2.32. The Hall–Kier alpha value is -4.92. The molecule has 4 amide bonds. The predicted molar refractivity (Wildman–Crippen MR) is 151 cm³/mol. The fourth-order valence-corrected chi connectivity index (χ4v) is 5.56. The molecule has 0 aliphatic carbocycles. The van der Waals surface area contributed by atoms with Crippen LogP contribution in [-0.2, 0) is 0 Å². The topological polar surface area (TPSA) is 171 Å². The standard InChI is InChI=1S/C29H23N5O8/c1-30(8-10-31-26(35)20-6-2-4-16-12-18(33(39)40)14-22(24(16)20)28(31)37)9-11-32-27(36)21-7-3-5-17-13-19(34(41)42)15-23(25(17)21)29(32)38/h2-7,12-15,39,41H,8-11H2,1H3/q-2. The van der Waals surface area contributed by atoms with E-state index in [0.29, 0.717) is 32.7 Å². The third kappa shape index (κ3) is 4.32. The Bertz CT molecular complexity index is 1690. The highest BCUT2D eigenvalue weighted by molar-refractivity contribution is 6.27. The Morgan fingerprint density at radius 2 is 1.00 bits per heavy atom. The molecule has 2 aliphatic heterocycles. The summed E-state index contributed by atoms with van der Waals surface area (Å²) < 4.78 is 0. The lowest BCUT2D eigenvalue weighted by molar-refractivity contribution is 0.0588. The number of rotatable bonds is 8. The van der Waals surface area contributed by atoms with Crippen molar-refractivity contribution >= 4 is 56.5 Å². The summed E-state index contributed by atoms with van der Waals surface area (Å²) in [7, 11) is 1.71. The molecule has 0 bridgehead atoms. The third-order valence-corrected chi connectivity index (χ3v) is 7.68. The zero-order valence-corrected chi connectivity index (χ0v) is 22.2. The summed E-state index contributed by atoms with van der Waals surface area (Å²) in [6.07, 6.45) is 0. The maximum atomic E-state index is 13.3. The molecule has 0 atom stereocenters. The van der Waals surface area contributed by atoms with Crippen LogP contribution in [0.4, 0.5) is 11.4 Å². The zero-order valence-electron chi connectivity index (χ0n) is 22.2. The van der Waals surface area contributed by atoms with Crippen LogP contribution in [0.15, 0.2) is 60.7 Å². The van der Waals surface area contributed by atoms with Crippen molar-refractivity contribution in [2.75, 3.05) is 43.7 Å². The first-order chi connectivity index (χ1) is 20.1. The summed E-state index contributed by atoms with van der Waals surface area (Å²) in [5, 5.41) is 43.0. The minimum absolute atomic E-state index is 0.0162. The van der Waals surface area contributed by atoms with E-state index in [1.807, 2.05) is 0 Å². The van der Waals surface area contributed by atoms with E-state index in [1.54, 1.807) is 48.3 Å². The van der Waals surface area contributed by atoms with Gasteiger partial charge in [0.2, 0.25) is 0 Å². The minimum atomic E-state index is -0.612. The predicted octanol–water partition coefficient (Wildman–Crippen LogP) is 3.20. The van der Waals surface area contributed by atoms with Crippen LogP contribution in [0.5, 0.6) is 0 Å². The molecule has 2 N–H and O–H groups in total. The van der Waals surface area contributed by atoms with Crippen LogP contribution >= 0.6 is 0 Å². The van der Waals surface area contributed by atoms with Gasteiger partial charge in [0.1, 0.15) is 0 Å². The van der Waals surface area contributed by atoms with Crippen LogP contribution in [0.1, 0.15) is 41.4 Å². The van der Waals surface area contributed by atoms with Crippen LogP contribution in [0.25, 0.3) is 21.5 Å². The summed E-state index contributed by atoms with van der Waals surface area (Å²) >= 11 is 0. The van der Waals surface area contributed by atoms with Gasteiger partial charge in [0.05, 0.1) is 22.5 Å². The van der Waals surface area contributed by atoms with Crippen LogP contribution in [0.3, 0.4) is 0 Å². The van der Waals surface area contributed by atoms with Crippen LogP contribution in [-0.4, -0.2) is 82.0 Å². The molecule has 42 heavy (non-hydrogen) atoms. The van der Waals surface area contributed by atoms with E-state index in [-0.39, 0.29) is 59.1 Å². The quantitative estimate of drug-likeness (QED) is 0.236. The Morgan fingerprint density at radius 1 is 0.619 bits per heavy atom. The van der Waals surface area contributed by atoms with Crippen molar-refractivity contribution in [1.29, 1.82) is 0 Å². The molecule has 0 fully saturated rings. The van der Waals surface area contributed by atoms with E-state index in [2.05, 4.69) is 0 Å². The zero-order chi connectivity index (χ0) is 29.9. The molecule has 2 aliphatic rings. The van der Waals surface area contributed by atoms with Gasteiger partial charge in [-0.15, -0.1) is 0 Å². The smallest absolute Gasteiger partial charge is 0.261 e. The lowest BCUT2D eigenvalue weighted by Crippen LogP contribution is -2.47. The molecule has 13 nitrogen and oxygen atoms in total. The number of carbonyl (C=O) groups is 4. The molecule has 4 aromatic rings. The van der Waals surface area contributed by atoms with Crippen molar-refractivity contribution < 1.29 is 29.6 Å².